The lowest BCUT2D eigenvalue weighted by Gasteiger charge is -2.63. The Hall–Kier alpha value is -0.160. The minimum atomic E-state index is 0.556. The van der Waals surface area contributed by atoms with Crippen LogP contribution in [0.1, 0.15) is 362 Å². The van der Waals surface area contributed by atoms with E-state index in [4.69, 9.17) is 0 Å². The van der Waals surface area contributed by atoms with Crippen molar-refractivity contribution in [1.29, 1.82) is 0 Å². The average molecular weight is 1120 g/mol. The van der Waals surface area contributed by atoms with Crippen molar-refractivity contribution < 1.29 is 0 Å². The molecule has 0 N–H and O–H groups in total. The molecule has 8 atom stereocenters. The van der Waals surface area contributed by atoms with Crippen molar-refractivity contribution >= 4 is 0 Å². The van der Waals surface area contributed by atoms with Crippen LogP contribution in [0.5, 0.6) is 0 Å². The smallest absolute Gasteiger partial charge is 0.0104 e. The summed E-state index contributed by atoms with van der Waals surface area (Å²) in [6, 6.07) is 10.5. The van der Waals surface area contributed by atoms with Crippen molar-refractivity contribution in [1.82, 2.24) is 19.6 Å². The van der Waals surface area contributed by atoms with Crippen LogP contribution in [-0.4, -0.2) is 92.1 Å². The Morgan fingerprint density at radius 2 is 0.346 bits per heavy atom. The van der Waals surface area contributed by atoms with E-state index in [1.807, 2.05) is 0 Å². The van der Waals surface area contributed by atoms with Crippen LogP contribution in [0.4, 0.5) is 0 Å². The van der Waals surface area contributed by atoms with Gasteiger partial charge in [0.1, 0.15) is 0 Å². The maximum Gasteiger partial charge on any atom is 0.0104 e. The van der Waals surface area contributed by atoms with Crippen LogP contribution in [0, 0.1) is 52.8 Å². The van der Waals surface area contributed by atoms with Crippen molar-refractivity contribution in [2.45, 2.75) is 434 Å². The highest BCUT2D eigenvalue weighted by atomic mass is 15.2. The number of hydrogen-bond acceptors (Lipinski definition) is 4. The third kappa shape index (κ3) is 14.3. The molecular weight excluding hydrogens is 981 g/mol. The maximum absolute atomic E-state index is 3.37. The molecule has 0 heterocycles. The fourth-order valence-corrected chi connectivity index (χ4v) is 25.3. The Bertz CT molecular complexity index is 1530. The van der Waals surface area contributed by atoms with Gasteiger partial charge >= 0.3 is 0 Å². The van der Waals surface area contributed by atoms with E-state index < -0.39 is 0 Å². The Labute approximate surface area is 503 Å². The molecule has 4 heteroatoms. The Morgan fingerprint density at radius 1 is 0.173 bits per heavy atom. The fourth-order valence-electron chi connectivity index (χ4n) is 25.3. The second kappa shape index (κ2) is 29.4. The monoisotopic (exact) mass is 1120 g/mol. The SMILES string of the molecule is CC1CCCC(N(C2CCCCC2)C2CCC(C(C3CCC(N(C4CCCCC4)C4CCCC(C)C4)CC3)(C3CCC(N(C4CCCCC4)C4CCCC(C)C4)CC3)C3CCC(N(C4CCCCC4)C4CCCC(C)C4)CC3)CC2)C1. The van der Waals surface area contributed by atoms with Gasteiger partial charge in [0.2, 0.25) is 0 Å². The van der Waals surface area contributed by atoms with Crippen LogP contribution in [0.3, 0.4) is 0 Å². The lowest BCUT2D eigenvalue weighted by atomic mass is 9.44. The molecule has 0 spiro atoms. The third-order valence-electron chi connectivity index (χ3n) is 28.6. The topological polar surface area (TPSA) is 13.0 Å². The van der Waals surface area contributed by atoms with Gasteiger partial charge in [-0.2, -0.15) is 0 Å². The summed E-state index contributed by atoms with van der Waals surface area (Å²) in [4.78, 5) is 13.5. The first-order valence-electron chi connectivity index (χ1n) is 38.9. The Morgan fingerprint density at radius 3 is 0.531 bits per heavy atom. The minimum Gasteiger partial charge on any atom is -0.294 e. The summed E-state index contributed by atoms with van der Waals surface area (Å²) >= 11 is 0. The van der Waals surface area contributed by atoms with E-state index in [2.05, 4.69) is 47.3 Å². The summed E-state index contributed by atoms with van der Waals surface area (Å²) in [6.45, 7) is 10.5. The van der Waals surface area contributed by atoms with Gasteiger partial charge in [-0.1, -0.05) is 156 Å². The molecule has 0 amide bonds. The van der Waals surface area contributed by atoms with Crippen LogP contribution in [0.15, 0.2) is 0 Å². The normalized spacial score (nSPS) is 42.1. The van der Waals surface area contributed by atoms with Gasteiger partial charge in [-0.25, -0.2) is 0 Å². The molecule has 4 nitrogen and oxygen atoms in total. The molecule has 12 aliphatic rings. The Balaban J connectivity index is 0.878. The second-order valence-electron chi connectivity index (χ2n) is 33.7. The highest BCUT2D eigenvalue weighted by Gasteiger charge is 2.58. The molecule has 12 rings (SSSR count). The lowest BCUT2D eigenvalue weighted by Crippen LogP contribution is -2.59. The first-order chi connectivity index (χ1) is 39.8. The molecule has 0 aromatic carbocycles. The van der Waals surface area contributed by atoms with Gasteiger partial charge in [-0.3, -0.25) is 19.6 Å². The standard InChI is InChI=1S/C77H136N4/c1-57-21-17-33-73(53-57)78(65-25-9-5-10-26-65)69-45-37-61(38-46-69)77(62-39-47-70(48-40-62)79(66-27-11-6-12-28-66)74-34-18-22-58(2)54-74,63-41-49-71(50-42-63)80(67-29-13-7-14-30-67)75-35-19-23-59(3)55-75)64-43-51-72(52-44-64)81(68-31-15-8-16-32-68)76-36-20-24-60(4)56-76/h57-76H,5-56H2,1-4H3. The van der Waals surface area contributed by atoms with Crippen molar-refractivity contribution in [3.8, 4) is 0 Å². The zero-order valence-corrected chi connectivity index (χ0v) is 54.6. The summed E-state index contributed by atoms with van der Waals surface area (Å²) in [7, 11) is 0. The third-order valence-corrected chi connectivity index (χ3v) is 28.6. The van der Waals surface area contributed by atoms with Crippen molar-refractivity contribution in [2.75, 3.05) is 0 Å². The molecule has 0 radical (unpaired) electrons. The van der Waals surface area contributed by atoms with Crippen LogP contribution in [0.25, 0.3) is 0 Å². The van der Waals surface area contributed by atoms with Crippen LogP contribution < -0.4 is 0 Å². The predicted molar refractivity (Wildman–Crippen MR) is 346 cm³/mol. The number of hydrogen-bond donors (Lipinski definition) is 0. The first-order valence-corrected chi connectivity index (χ1v) is 38.9. The molecule has 12 aliphatic carbocycles. The molecule has 0 bridgehead atoms. The van der Waals surface area contributed by atoms with Crippen molar-refractivity contribution in [3.05, 3.63) is 0 Å². The summed E-state index contributed by atoms with van der Waals surface area (Å²) in [6.07, 6.45) is 79.2. The van der Waals surface area contributed by atoms with E-state index in [1.165, 1.54) is 231 Å². The zero-order valence-electron chi connectivity index (χ0n) is 54.6. The van der Waals surface area contributed by atoms with Crippen LogP contribution >= 0.6 is 0 Å². The average Bonchev–Trinajstić information content (AvgIpc) is 3.65. The summed E-state index contributed by atoms with van der Waals surface area (Å²) < 4.78 is 0. The Kier molecular flexibility index (Phi) is 22.2. The van der Waals surface area contributed by atoms with Gasteiger partial charge in [0.25, 0.3) is 0 Å². The number of nitrogens with zero attached hydrogens (tertiary/aromatic N) is 4. The molecule has 12 saturated carbocycles. The van der Waals surface area contributed by atoms with E-state index in [1.54, 1.807) is 103 Å². The van der Waals surface area contributed by atoms with Crippen LogP contribution in [-0.2, 0) is 0 Å². The number of rotatable bonds is 16. The lowest BCUT2D eigenvalue weighted by molar-refractivity contribution is -0.134. The summed E-state index contributed by atoms with van der Waals surface area (Å²) in [5.74, 6) is 7.59. The van der Waals surface area contributed by atoms with Gasteiger partial charge in [0.05, 0.1) is 0 Å². The van der Waals surface area contributed by atoms with Gasteiger partial charge in [-0.15, -0.1) is 0 Å². The van der Waals surface area contributed by atoms with Gasteiger partial charge < -0.3 is 0 Å². The first kappa shape index (κ1) is 61.1. The predicted octanol–water partition coefficient (Wildman–Crippen LogP) is 21.1. The van der Waals surface area contributed by atoms with E-state index in [9.17, 15) is 0 Å². The van der Waals surface area contributed by atoms with Gasteiger partial charge in [-0.05, 0) is 258 Å². The molecular formula is C77H136N4. The molecule has 0 aromatic rings. The molecule has 0 saturated heterocycles. The largest absolute Gasteiger partial charge is 0.294 e. The molecule has 0 aromatic heterocycles. The highest BCUT2D eigenvalue weighted by Crippen LogP contribution is 2.64. The molecule has 8 unspecified atom stereocenters. The van der Waals surface area contributed by atoms with Gasteiger partial charge in [0, 0.05) is 72.5 Å². The van der Waals surface area contributed by atoms with E-state index in [-0.39, 0.29) is 0 Å². The molecule has 81 heavy (non-hydrogen) atoms. The van der Waals surface area contributed by atoms with E-state index in [0.29, 0.717) is 5.41 Å². The highest BCUT2D eigenvalue weighted by molar-refractivity contribution is 5.09. The van der Waals surface area contributed by atoms with Crippen molar-refractivity contribution in [2.24, 2.45) is 52.8 Å². The maximum atomic E-state index is 3.37. The summed E-state index contributed by atoms with van der Waals surface area (Å²) in [5, 5.41) is 0. The fraction of sp³-hybridized carbons (Fsp3) is 1.00. The quantitative estimate of drug-likeness (QED) is 0.153. The van der Waals surface area contributed by atoms with E-state index >= 15 is 0 Å². The zero-order chi connectivity index (χ0) is 55.1. The van der Waals surface area contributed by atoms with Gasteiger partial charge in [0.15, 0.2) is 0 Å². The molecule has 464 valence electrons. The molecule has 12 fully saturated rings. The summed E-state index contributed by atoms with van der Waals surface area (Å²) in [5.41, 5.74) is 0.556. The van der Waals surface area contributed by atoms with E-state index in [0.717, 1.165) is 120 Å². The minimum absolute atomic E-state index is 0.556. The molecule has 0 aliphatic heterocycles. The van der Waals surface area contributed by atoms with Crippen molar-refractivity contribution in [3.63, 3.8) is 0 Å². The second-order valence-corrected chi connectivity index (χ2v) is 33.7. The van der Waals surface area contributed by atoms with Crippen LogP contribution in [0.2, 0.25) is 0 Å².